The maximum Gasteiger partial charge on any atom is 0.305 e. The highest BCUT2D eigenvalue weighted by molar-refractivity contribution is 9.12. The molecule has 0 unspecified atom stereocenters. The smallest absolute Gasteiger partial charge is 0.305 e. The molecule has 0 atom stereocenters. The van der Waals surface area contributed by atoms with Gasteiger partial charge in [-0.1, -0.05) is 12.8 Å². The van der Waals surface area contributed by atoms with Crippen molar-refractivity contribution in [2.24, 2.45) is 0 Å². The molecular weight excluding hydrogens is 422 g/mol. The monoisotopic (exact) mass is 439 g/mol. The molecule has 0 aliphatic rings. The van der Waals surface area contributed by atoms with Gasteiger partial charge in [-0.15, -0.1) is 11.3 Å². The van der Waals surface area contributed by atoms with Crippen LogP contribution in [0.2, 0.25) is 0 Å². The van der Waals surface area contributed by atoms with Crippen molar-refractivity contribution in [3.63, 3.8) is 0 Å². The normalized spacial score (nSPS) is 10.4. The molecule has 1 aromatic rings. The Morgan fingerprint density at radius 3 is 2.57 bits per heavy atom. The van der Waals surface area contributed by atoms with E-state index >= 15 is 0 Å². The number of thiophene rings is 1. The Morgan fingerprint density at radius 1 is 1.24 bits per heavy atom. The second-order valence-electron chi connectivity index (χ2n) is 4.46. The van der Waals surface area contributed by atoms with Gasteiger partial charge < -0.3 is 10.1 Å². The van der Waals surface area contributed by atoms with E-state index in [9.17, 15) is 9.59 Å². The van der Waals surface area contributed by atoms with Crippen LogP contribution in [0.15, 0.2) is 13.6 Å². The first-order valence-electron chi connectivity index (χ1n) is 6.93. The lowest BCUT2D eigenvalue weighted by atomic mass is 10.1. The van der Waals surface area contributed by atoms with Gasteiger partial charge in [-0.05, 0) is 57.7 Å². The molecule has 0 saturated heterocycles. The average Bonchev–Trinajstić information content (AvgIpc) is 2.77. The Kier molecular flexibility index (Phi) is 9.19. The minimum Gasteiger partial charge on any atom is -0.466 e. The van der Waals surface area contributed by atoms with Crippen LogP contribution in [0.4, 0.5) is 0 Å². The fourth-order valence-electron chi connectivity index (χ4n) is 1.77. The van der Waals surface area contributed by atoms with Crippen LogP contribution in [0.1, 0.15) is 49.4 Å². The second-order valence-corrected chi connectivity index (χ2v) is 8.21. The molecule has 1 aromatic heterocycles. The zero-order chi connectivity index (χ0) is 15.7. The Bertz CT molecular complexity index is 477. The largest absolute Gasteiger partial charge is 0.466 e. The quantitative estimate of drug-likeness (QED) is 0.453. The SMILES string of the molecule is CCOC(=O)CCCCCCNC(=O)c1cc(Br)sc1Br. The first kappa shape index (κ1) is 18.6. The summed E-state index contributed by atoms with van der Waals surface area (Å²) in [5.74, 6) is -0.186. The van der Waals surface area contributed by atoms with E-state index in [2.05, 4.69) is 37.2 Å². The summed E-state index contributed by atoms with van der Waals surface area (Å²) in [5.41, 5.74) is 0.661. The van der Waals surface area contributed by atoms with Crippen molar-refractivity contribution < 1.29 is 14.3 Å². The lowest BCUT2D eigenvalue weighted by molar-refractivity contribution is -0.143. The van der Waals surface area contributed by atoms with Crippen LogP contribution in [0, 0.1) is 0 Å². The molecule has 0 radical (unpaired) electrons. The van der Waals surface area contributed by atoms with Gasteiger partial charge in [-0.2, -0.15) is 0 Å². The van der Waals surface area contributed by atoms with E-state index in [-0.39, 0.29) is 11.9 Å². The Balaban J connectivity index is 2.08. The van der Waals surface area contributed by atoms with Crippen molar-refractivity contribution in [3.8, 4) is 0 Å². The van der Waals surface area contributed by atoms with Crippen LogP contribution in [0.5, 0.6) is 0 Å². The van der Waals surface area contributed by atoms with Crippen LogP contribution >= 0.6 is 43.2 Å². The molecule has 0 aliphatic carbocycles. The molecule has 0 fully saturated rings. The topological polar surface area (TPSA) is 55.4 Å². The Hall–Kier alpha value is -0.400. The first-order chi connectivity index (χ1) is 10.0. The third-order valence-electron chi connectivity index (χ3n) is 2.80. The molecule has 0 bridgehead atoms. The molecule has 1 heterocycles. The number of ether oxygens (including phenoxy) is 1. The minimum absolute atomic E-state index is 0.0599. The summed E-state index contributed by atoms with van der Waals surface area (Å²) in [6.45, 7) is 2.90. The van der Waals surface area contributed by atoms with Crippen LogP contribution < -0.4 is 5.32 Å². The summed E-state index contributed by atoms with van der Waals surface area (Å²) in [7, 11) is 0. The maximum absolute atomic E-state index is 11.9. The third-order valence-corrected chi connectivity index (χ3v) is 5.14. The van der Waals surface area contributed by atoms with Crippen molar-refractivity contribution in [2.75, 3.05) is 13.2 Å². The molecule has 118 valence electrons. The molecule has 7 heteroatoms. The first-order valence-corrected chi connectivity index (χ1v) is 9.33. The van der Waals surface area contributed by atoms with Crippen LogP contribution in [-0.2, 0) is 9.53 Å². The number of carbonyl (C=O) groups excluding carboxylic acids is 2. The van der Waals surface area contributed by atoms with Gasteiger partial charge >= 0.3 is 5.97 Å². The molecule has 0 saturated carbocycles. The number of hydrogen-bond donors (Lipinski definition) is 1. The summed E-state index contributed by atoms with van der Waals surface area (Å²) in [5, 5.41) is 2.90. The standard InChI is InChI=1S/C14H19Br2NO3S/c1-2-20-12(18)7-5-3-4-6-8-17-14(19)10-9-11(15)21-13(10)16/h9H,2-8H2,1H3,(H,17,19). The zero-order valence-electron chi connectivity index (χ0n) is 11.9. The highest BCUT2D eigenvalue weighted by atomic mass is 79.9. The summed E-state index contributed by atoms with van der Waals surface area (Å²) in [6.07, 6.45) is 4.21. The number of hydrogen-bond acceptors (Lipinski definition) is 4. The van der Waals surface area contributed by atoms with E-state index in [0.29, 0.717) is 25.1 Å². The fraction of sp³-hybridized carbons (Fsp3) is 0.571. The Labute approximate surface area is 145 Å². The lowest BCUT2D eigenvalue weighted by Crippen LogP contribution is -2.24. The molecule has 0 aromatic carbocycles. The third kappa shape index (κ3) is 7.42. The number of amides is 1. The van der Waals surface area contributed by atoms with E-state index in [1.165, 1.54) is 11.3 Å². The molecule has 21 heavy (non-hydrogen) atoms. The van der Waals surface area contributed by atoms with E-state index < -0.39 is 0 Å². The lowest BCUT2D eigenvalue weighted by Gasteiger charge is -2.05. The van der Waals surface area contributed by atoms with Crippen molar-refractivity contribution >= 4 is 55.1 Å². The molecule has 1 N–H and O–H groups in total. The number of carbonyl (C=O) groups is 2. The van der Waals surface area contributed by atoms with Gasteiger partial charge in [0.2, 0.25) is 0 Å². The summed E-state index contributed by atoms with van der Waals surface area (Å²) < 4.78 is 6.62. The zero-order valence-corrected chi connectivity index (χ0v) is 15.9. The van der Waals surface area contributed by atoms with Crippen molar-refractivity contribution in [3.05, 3.63) is 19.2 Å². The van der Waals surface area contributed by atoms with Crippen molar-refractivity contribution in [2.45, 2.75) is 39.0 Å². The van der Waals surface area contributed by atoms with Crippen LogP contribution in [0.25, 0.3) is 0 Å². The van der Waals surface area contributed by atoms with E-state index in [4.69, 9.17) is 4.74 Å². The van der Waals surface area contributed by atoms with Gasteiger partial charge in [-0.25, -0.2) is 0 Å². The average molecular weight is 441 g/mol. The second kappa shape index (κ2) is 10.3. The van der Waals surface area contributed by atoms with E-state index in [1.807, 2.05) is 13.0 Å². The van der Waals surface area contributed by atoms with E-state index in [1.54, 1.807) is 0 Å². The summed E-state index contributed by atoms with van der Waals surface area (Å²) in [6, 6.07) is 1.81. The molecule has 0 spiro atoms. The summed E-state index contributed by atoms with van der Waals surface area (Å²) >= 11 is 8.21. The maximum atomic E-state index is 11.9. The van der Waals surface area contributed by atoms with Gasteiger partial charge in [0.25, 0.3) is 5.91 Å². The van der Waals surface area contributed by atoms with Gasteiger partial charge in [0, 0.05) is 13.0 Å². The number of esters is 1. The molecule has 0 aliphatic heterocycles. The number of nitrogens with one attached hydrogen (secondary N) is 1. The molecule has 4 nitrogen and oxygen atoms in total. The van der Waals surface area contributed by atoms with Gasteiger partial charge in [0.05, 0.1) is 19.7 Å². The highest BCUT2D eigenvalue weighted by Gasteiger charge is 2.12. The Morgan fingerprint density at radius 2 is 1.95 bits per heavy atom. The molecule has 1 amide bonds. The minimum atomic E-state index is -0.126. The van der Waals surface area contributed by atoms with Gasteiger partial charge in [0.1, 0.15) is 0 Å². The molecule has 1 rings (SSSR count). The molecular formula is C14H19Br2NO3S. The van der Waals surface area contributed by atoms with Gasteiger partial charge in [-0.3, -0.25) is 9.59 Å². The number of unbranched alkanes of at least 4 members (excludes halogenated alkanes) is 3. The van der Waals surface area contributed by atoms with Crippen molar-refractivity contribution in [1.29, 1.82) is 0 Å². The predicted octanol–water partition coefficient (Wildman–Crippen LogP) is 4.52. The van der Waals surface area contributed by atoms with Crippen LogP contribution in [-0.4, -0.2) is 25.0 Å². The number of halogens is 2. The van der Waals surface area contributed by atoms with Crippen molar-refractivity contribution in [1.82, 2.24) is 5.32 Å². The van der Waals surface area contributed by atoms with E-state index in [0.717, 1.165) is 33.3 Å². The van der Waals surface area contributed by atoms with Crippen LogP contribution in [0.3, 0.4) is 0 Å². The number of rotatable bonds is 9. The summed E-state index contributed by atoms with van der Waals surface area (Å²) in [4.78, 5) is 23.0. The fourth-order valence-corrected chi connectivity index (χ4v) is 4.57. The predicted molar refractivity (Wildman–Crippen MR) is 91.8 cm³/mol. The highest BCUT2D eigenvalue weighted by Crippen LogP contribution is 2.31. The van der Waals surface area contributed by atoms with Gasteiger partial charge in [0.15, 0.2) is 0 Å².